The molecule has 0 atom stereocenters. The van der Waals surface area contributed by atoms with Crippen LogP contribution in [0.2, 0.25) is 0 Å². The fourth-order valence-electron chi connectivity index (χ4n) is 3.76. The van der Waals surface area contributed by atoms with E-state index in [-0.39, 0.29) is 29.1 Å². The highest BCUT2D eigenvalue weighted by Crippen LogP contribution is 2.44. The topological polar surface area (TPSA) is 41.1 Å². The van der Waals surface area contributed by atoms with Crippen LogP contribution in [0, 0.1) is 10.8 Å². The number of rotatable bonds is 5. The van der Waals surface area contributed by atoms with Crippen molar-refractivity contribution >= 4 is 18.3 Å². The van der Waals surface area contributed by atoms with E-state index in [1.54, 1.807) is 0 Å². The average Bonchev–Trinajstić information content (AvgIpc) is 2.50. The molecule has 2 aliphatic rings. The van der Waals surface area contributed by atoms with Crippen molar-refractivity contribution in [3.63, 3.8) is 0 Å². The second-order valence-corrected chi connectivity index (χ2v) is 7.54. The number of hydrogen-bond donors (Lipinski definition) is 2. The molecule has 1 aromatic rings. The molecule has 3 rings (SSSR count). The molecule has 0 spiro atoms. The summed E-state index contributed by atoms with van der Waals surface area (Å²) in [5.41, 5.74) is 1.40. The van der Waals surface area contributed by atoms with Gasteiger partial charge < -0.3 is 10.6 Å². The van der Waals surface area contributed by atoms with Gasteiger partial charge in [0.25, 0.3) is 0 Å². The molecule has 1 amide bonds. The summed E-state index contributed by atoms with van der Waals surface area (Å²) in [5.74, 6) is 0.280. The highest BCUT2D eigenvalue weighted by molar-refractivity contribution is 5.85. The zero-order valence-corrected chi connectivity index (χ0v) is 14.9. The van der Waals surface area contributed by atoms with Crippen LogP contribution in [0.25, 0.3) is 0 Å². The molecule has 1 aliphatic carbocycles. The van der Waals surface area contributed by atoms with Crippen LogP contribution in [0.1, 0.15) is 44.6 Å². The zero-order chi connectivity index (χ0) is 15.5. The smallest absolute Gasteiger partial charge is 0.226 e. The third-order valence-corrected chi connectivity index (χ3v) is 5.66. The number of piperidine rings is 1. The van der Waals surface area contributed by atoms with Gasteiger partial charge in [0.15, 0.2) is 0 Å². The molecular weight excluding hydrogens is 308 g/mol. The van der Waals surface area contributed by atoms with E-state index in [9.17, 15) is 4.79 Å². The Bertz CT molecular complexity index is 507. The molecule has 1 saturated carbocycles. The van der Waals surface area contributed by atoms with Crippen molar-refractivity contribution in [2.75, 3.05) is 19.6 Å². The van der Waals surface area contributed by atoms with Crippen LogP contribution in [0.15, 0.2) is 30.3 Å². The van der Waals surface area contributed by atoms with Gasteiger partial charge in [0.1, 0.15) is 0 Å². The summed E-state index contributed by atoms with van der Waals surface area (Å²) in [5, 5.41) is 6.69. The first-order valence-corrected chi connectivity index (χ1v) is 8.65. The largest absolute Gasteiger partial charge is 0.355 e. The van der Waals surface area contributed by atoms with Gasteiger partial charge in [-0.25, -0.2) is 0 Å². The molecule has 128 valence electrons. The molecular formula is C19H29ClN2O. The number of benzene rings is 1. The van der Waals surface area contributed by atoms with Crippen molar-refractivity contribution in [3.8, 4) is 0 Å². The molecule has 3 nitrogen and oxygen atoms in total. The third-order valence-electron chi connectivity index (χ3n) is 5.66. The Morgan fingerprint density at radius 3 is 2.35 bits per heavy atom. The minimum Gasteiger partial charge on any atom is -0.355 e. The minimum absolute atomic E-state index is 0. The number of carbonyl (C=O) groups is 1. The summed E-state index contributed by atoms with van der Waals surface area (Å²) in [7, 11) is 0. The first-order chi connectivity index (χ1) is 10.6. The van der Waals surface area contributed by atoms with E-state index >= 15 is 0 Å². The van der Waals surface area contributed by atoms with Crippen LogP contribution in [0.5, 0.6) is 0 Å². The first-order valence-electron chi connectivity index (χ1n) is 8.65. The van der Waals surface area contributed by atoms with Crippen molar-refractivity contribution in [3.05, 3.63) is 35.9 Å². The molecule has 1 aliphatic heterocycles. The molecule has 2 N–H and O–H groups in total. The normalized spacial score (nSPS) is 21.6. The van der Waals surface area contributed by atoms with Crippen LogP contribution in [-0.4, -0.2) is 25.5 Å². The van der Waals surface area contributed by atoms with Crippen LogP contribution in [0.4, 0.5) is 0 Å². The fraction of sp³-hybridized carbons (Fsp3) is 0.632. The lowest BCUT2D eigenvalue weighted by molar-refractivity contribution is -0.136. The lowest BCUT2D eigenvalue weighted by atomic mass is 9.64. The van der Waals surface area contributed by atoms with Crippen LogP contribution < -0.4 is 10.6 Å². The van der Waals surface area contributed by atoms with E-state index in [0.717, 1.165) is 51.7 Å². The van der Waals surface area contributed by atoms with E-state index < -0.39 is 0 Å². The van der Waals surface area contributed by atoms with Crippen molar-refractivity contribution in [2.45, 2.75) is 45.4 Å². The average molecular weight is 337 g/mol. The Balaban J connectivity index is 0.00000192. The fourth-order valence-corrected chi connectivity index (χ4v) is 3.76. The summed E-state index contributed by atoms with van der Waals surface area (Å²) in [4.78, 5) is 12.8. The Labute approximate surface area is 146 Å². The quantitative estimate of drug-likeness (QED) is 0.866. The lowest BCUT2D eigenvalue weighted by Gasteiger charge is -2.42. The summed E-state index contributed by atoms with van der Waals surface area (Å²) >= 11 is 0. The van der Waals surface area contributed by atoms with E-state index in [1.807, 2.05) is 6.07 Å². The molecule has 1 aromatic carbocycles. The maximum Gasteiger partial charge on any atom is 0.226 e. The van der Waals surface area contributed by atoms with Crippen molar-refractivity contribution < 1.29 is 4.79 Å². The molecule has 0 aromatic heterocycles. The van der Waals surface area contributed by atoms with Crippen LogP contribution in [-0.2, 0) is 11.2 Å². The van der Waals surface area contributed by atoms with E-state index in [4.69, 9.17) is 0 Å². The predicted molar refractivity (Wildman–Crippen MR) is 96.9 cm³/mol. The van der Waals surface area contributed by atoms with Gasteiger partial charge in [0, 0.05) is 6.54 Å². The van der Waals surface area contributed by atoms with Gasteiger partial charge in [-0.1, -0.05) is 43.7 Å². The summed E-state index contributed by atoms with van der Waals surface area (Å²) in [6.45, 7) is 5.27. The Hall–Kier alpha value is -1.06. The molecule has 1 saturated heterocycles. The van der Waals surface area contributed by atoms with Gasteiger partial charge >= 0.3 is 0 Å². The maximum absolute atomic E-state index is 12.8. The summed E-state index contributed by atoms with van der Waals surface area (Å²) in [6, 6.07) is 10.4. The van der Waals surface area contributed by atoms with Crippen molar-refractivity contribution in [1.29, 1.82) is 0 Å². The second-order valence-electron chi connectivity index (χ2n) is 7.54. The highest BCUT2D eigenvalue weighted by Gasteiger charge is 2.44. The Morgan fingerprint density at radius 2 is 1.78 bits per heavy atom. The summed E-state index contributed by atoms with van der Waals surface area (Å²) < 4.78 is 0. The molecule has 2 fully saturated rings. The molecule has 23 heavy (non-hydrogen) atoms. The molecule has 0 unspecified atom stereocenters. The van der Waals surface area contributed by atoms with Gasteiger partial charge in [0.2, 0.25) is 5.91 Å². The number of hydrogen-bond acceptors (Lipinski definition) is 2. The van der Waals surface area contributed by atoms with Gasteiger partial charge in [-0.15, -0.1) is 12.4 Å². The standard InChI is InChI=1S/C19H28N2O.ClH/c1-18(10-12-20-13-11-18)15-21-17(22)19(8-5-9-19)14-16-6-3-2-4-7-16;/h2-4,6-7,20H,5,8-15H2,1H3,(H,21,22);1H. The second kappa shape index (κ2) is 7.67. The van der Waals surface area contributed by atoms with Gasteiger partial charge in [0.05, 0.1) is 5.41 Å². The zero-order valence-electron chi connectivity index (χ0n) is 14.1. The minimum atomic E-state index is -0.148. The Kier molecular flexibility index (Phi) is 6.10. The molecule has 0 bridgehead atoms. The highest BCUT2D eigenvalue weighted by atomic mass is 35.5. The molecule has 4 heteroatoms. The predicted octanol–water partition coefficient (Wildman–Crippen LogP) is 3.33. The molecule has 1 heterocycles. The number of carbonyl (C=O) groups excluding carboxylic acids is 1. The van der Waals surface area contributed by atoms with E-state index in [1.165, 1.54) is 12.0 Å². The number of halogens is 1. The number of nitrogens with one attached hydrogen (secondary N) is 2. The SMILES string of the molecule is CC1(CNC(=O)C2(Cc3ccccc3)CCC2)CCNCC1.Cl. The van der Waals surface area contributed by atoms with Crippen LogP contribution in [0.3, 0.4) is 0 Å². The molecule has 0 radical (unpaired) electrons. The Morgan fingerprint density at radius 1 is 1.13 bits per heavy atom. The summed E-state index contributed by atoms with van der Waals surface area (Å²) in [6.07, 6.45) is 6.44. The van der Waals surface area contributed by atoms with Gasteiger partial charge in [-0.05, 0) is 56.2 Å². The maximum atomic E-state index is 12.8. The van der Waals surface area contributed by atoms with Gasteiger partial charge in [-0.3, -0.25) is 4.79 Å². The monoisotopic (exact) mass is 336 g/mol. The number of amides is 1. The van der Waals surface area contributed by atoms with E-state index in [2.05, 4.69) is 41.8 Å². The van der Waals surface area contributed by atoms with Crippen molar-refractivity contribution in [2.24, 2.45) is 10.8 Å². The lowest BCUT2D eigenvalue weighted by Crippen LogP contribution is -2.51. The van der Waals surface area contributed by atoms with Crippen LogP contribution >= 0.6 is 12.4 Å². The third kappa shape index (κ3) is 4.27. The van der Waals surface area contributed by atoms with Gasteiger partial charge in [-0.2, -0.15) is 0 Å². The first kappa shape index (κ1) is 18.3. The van der Waals surface area contributed by atoms with Crippen molar-refractivity contribution in [1.82, 2.24) is 10.6 Å². The van der Waals surface area contributed by atoms with E-state index in [0.29, 0.717) is 0 Å².